The van der Waals surface area contributed by atoms with E-state index in [2.05, 4.69) is 5.10 Å². The number of aromatic nitrogens is 2. The molecule has 1 aromatic heterocycles. The number of benzene rings is 1. The number of piperidine rings is 1. The van der Waals surface area contributed by atoms with Crippen molar-refractivity contribution < 1.29 is 19.1 Å². The van der Waals surface area contributed by atoms with Gasteiger partial charge >= 0.3 is 0 Å². The highest BCUT2D eigenvalue weighted by atomic mass is 16.5. The minimum atomic E-state index is -0.0994. The summed E-state index contributed by atoms with van der Waals surface area (Å²) >= 11 is 0. The molecule has 2 aromatic rings. The van der Waals surface area contributed by atoms with E-state index in [1.165, 1.54) is 0 Å². The van der Waals surface area contributed by atoms with Gasteiger partial charge in [-0.1, -0.05) is 6.07 Å². The minimum absolute atomic E-state index is 0.0127. The zero-order chi connectivity index (χ0) is 21.1. The quantitative estimate of drug-likeness (QED) is 0.767. The van der Waals surface area contributed by atoms with Gasteiger partial charge in [-0.3, -0.25) is 9.59 Å². The molecular formula is C22H28N4O4. The molecule has 0 saturated carbocycles. The number of ether oxygens (including phenoxy) is 2. The second kappa shape index (κ2) is 8.87. The van der Waals surface area contributed by atoms with Crippen LogP contribution in [0.5, 0.6) is 5.75 Å². The largest absolute Gasteiger partial charge is 0.494 e. The van der Waals surface area contributed by atoms with Gasteiger partial charge in [0.15, 0.2) is 5.69 Å². The van der Waals surface area contributed by atoms with Crippen molar-refractivity contribution in [2.24, 2.45) is 5.92 Å². The van der Waals surface area contributed by atoms with Gasteiger partial charge in [-0.25, -0.2) is 4.68 Å². The van der Waals surface area contributed by atoms with Crippen molar-refractivity contribution in [3.63, 3.8) is 0 Å². The lowest BCUT2D eigenvalue weighted by Gasteiger charge is -2.35. The molecule has 4 rings (SSSR count). The standard InChI is InChI=1S/C22H28N4O4/c1-16-3-4-20(29-2)19(15-16)26-10-7-18(23-26)22(28)24-8-5-17(6-9-24)21(27)25-11-13-30-14-12-25/h3-4,7,10,15,17H,5-6,8-9,11-14H2,1-2H3. The second-order valence-electron chi connectivity index (χ2n) is 7.82. The van der Waals surface area contributed by atoms with E-state index in [0.717, 1.165) is 11.3 Å². The zero-order valence-corrected chi connectivity index (χ0v) is 17.5. The summed E-state index contributed by atoms with van der Waals surface area (Å²) in [6, 6.07) is 7.57. The van der Waals surface area contributed by atoms with Crippen LogP contribution in [-0.2, 0) is 9.53 Å². The summed E-state index contributed by atoms with van der Waals surface area (Å²) in [7, 11) is 1.62. The zero-order valence-electron chi connectivity index (χ0n) is 17.5. The highest BCUT2D eigenvalue weighted by molar-refractivity contribution is 5.92. The molecule has 0 radical (unpaired) electrons. The van der Waals surface area contributed by atoms with E-state index in [9.17, 15) is 9.59 Å². The molecule has 0 spiro atoms. The lowest BCUT2D eigenvalue weighted by Crippen LogP contribution is -2.47. The van der Waals surface area contributed by atoms with Gasteiger partial charge in [0.1, 0.15) is 11.4 Å². The number of aryl methyl sites for hydroxylation is 1. The summed E-state index contributed by atoms with van der Waals surface area (Å²) in [5.41, 5.74) is 2.28. The summed E-state index contributed by atoms with van der Waals surface area (Å²) in [6.45, 7) is 5.69. The fourth-order valence-electron chi connectivity index (χ4n) is 4.08. The van der Waals surface area contributed by atoms with E-state index < -0.39 is 0 Å². The van der Waals surface area contributed by atoms with Crippen LogP contribution in [0.2, 0.25) is 0 Å². The highest BCUT2D eigenvalue weighted by Crippen LogP contribution is 2.25. The number of carbonyl (C=O) groups excluding carboxylic acids is 2. The molecule has 0 N–H and O–H groups in total. The average Bonchev–Trinajstić information content (AvgIpc) is 3.29. The molecule has 8 nitrogen and oxygen atoms in total. The Bertz CT molecular complexity index is 912. The Morgan fingerprint density at radius 3 is 2.50 bits per heavy atom. The number of hydrogen-bond donors (Lipinski definition) is 0. The van der Waals surface area contributed by atoms with Crippen LogP contribution in [0.4, 0.5) is 0 Å². The van der Waals surface area contributed by atoms with Gasteiger partial charge in [0, 0.05) is 38.3 Å². The van der Waals surface area contributed by atoms with Crippen molar-refractivity contribution in [3.05, 3.63) is 41.7 Å². The molecule has 0 aliphatic carbocycles. The summed E-state index contributed by atoms with van der Waals surface area (Å²) < 4.78 is 12.4. The van der Waals surface area contributed by atoms with Gasteiger partial charge in [0.25, 0.3) is 5.91 Å². The van der Waals surface area contributed by atoms with Crippen LogP contribution in [0.3, 0.4) is 0 Å². The predicted molar refractivity (Wildman–Crippen MR) is 111 cm³/mol. The van der Waals surface area contributed by atoms with Crippen LogP contribution in [0.1, 0.15) is 28.9 Å². The molecule has 3 heterocycles. The van der Waals surface area contributed by atoms with Gasteiger partial charge in [-0.2, -0.15) is 5.10 Å². The molecule has 160 valence electrons. The molecule has 0 bridgehead atoms. The maximum atomic E-state index is 13.0. The van der Waals surface area contributed by atoms with E-state index in [4.69, 9.17) is 9.47 Å². The van der Waals surface area contributed by atoms with E-state index in [1.54, 1.807) is 29.0 Å². The molecule has 2 aliphatic rings. The number of nitrogens with zero attached hydrogens (tertiary/aromatic N) is 4. The van der Waals surface area contributed by atoms with Crippen LogP contribution in [0.25, 0.3) is 5.69 Å². The van der Waals surface area contributed by atoms with Gasteiger partial charge in [0.05, 0.1) is 20.3 Å². The lowest BCUT2D eigenvalue weighted by atomic mass is 9.95. The van der Waals surface area contributed by atoms with Crippen molar-refractivity contribution in [1.29, 1.82) is 0 Å². The van der Waals surface area contributed by atoms with Gasteiger partial charge in [0.2, 0.25) is 5.91 Å². The normalized spacial score (nSPS) is 17.8. The fourth-order valence-corrected chi connectivity index (χ4v) is 4.08. The Balaban J connectivity index is 1.39. The molecule has 30 heavy (non-hydrogen) atoms. The smallest absolute Gasteiger partial charge is 0.274 e. The van der Waals surface area contributed by atoms with Crippen LogP contribution >= 0.6 is 0 Å². The first-order valence-corrected chi connectivity index (χ1v) is 10.4. The Morgan fingerprint density at radius 2 is 1.80 bits per heavy atom. The van der Waals surface area contributed by atoms with Crippen LogP contribution in [0, 0.1) is 12.8 Å². The fraction of sp³-hybridized carbons (Fsp3) is 0.500. The monoisotopic (exact) mass is 412 g/mol. The highest BCUT2D eigenvalue weighted by Gasteiger charge is 2.31. The van der Waals surface area contributed by atoms with E-state index in [-0.39, 0.29) is 17.7 Å². The van der Waals surface area contributed by atoms with Crippen molar-refractivity contribution in [2.45, 2.75) is 19.8 Å². The number of morpholine rings is 1. The number of likely N-dealkylation sites (tertiary alicyclic amines) is 1. The van der Waals surface area contributed by atoms with E-state index in [0.29, 0.717) is 63.7 Å². The minimum Gasteiger partial charge on any atom is -0.494 e. The summed E-state index contributed by atoms with van der Waals surface area (Å²) in [5, 5.41) is 4.49. The molecule has 1 aromatic carbocycles. The van der Waals surface area contributed by atoms with E-state index >= 15 is 0 Å². The van der Waals surface area contributed by atoms with Crippen molar-refractivity contribution in [2.75, 3.05) is 46.5 Å². The Kier molecular flexibility index (Phi) is 6.03. The molecule has 0 unspecified atom stereocenters. The lowest BCUT2D eigenvalue weighted by molar-refractivity contribution is -0.141. The van der Waals surface area contributed by atoms with Gasteiger partial charge < -0.3 is 19.3 Å². The van der Waals surface area contributed by atoms with Crippen molar-refractivity contribution in [1.82, 2.24) is 19.6 Å². The third kappa shape index (κ3) is 4.18. The Labute approximate surface area is 176 Å². The van der Waals surface area contributed by atoms with Crippen molar-refractivity contribution in [3.8, 4) is 11.4 Å². The Morgan fingerprint density at radius 1 is 1.07 bits per heavy atom. The maximum absolute atomic E-state index is 13.0. The number of carbonyl (C=O) groups is 2. The first kappa shape index (κ1) is 20.4. The number of amides is 2. The van der Waals surface area contributed by atoms with Crippen LogP contribution in [-0.4, -0.2) is 77.9 Å². The predicted octanol–water partition coefficient (Wildman–Crippen LogP) is 1.90. The average molecular weight is 412 g/mol. The van der Waals surface area contributed by atoms with Gasteiger partial charge in [-0.05, 0) is 43.5 Å². The maximum Gasteiger partial charge on any atom is 0.274 e. The molecule has 8 heteroatoms. The summed E-state index contributed by atoms with van der Waals surface area (Å²) in [4.78, 5) is 29.3. The molecule has 2 aliphatic heterocycles. The van der Waals surface area contributed by atoms with E-state index in [1.807, 2.05) is 30.0 Å². The topological polar surface area (TPSA) is 76.9 Å². The summed E-state index contributed by atoms with van der Waals surface area (Å²) in [6.07, 6.45) is 3.15. The number of hydrogen-bond acceptors (Lipinski definition) is 5. The second-order valence-corrected chi connectivity index (χ2v) is 7.82. The first-order chi connectivity index (χ1) is 14.6. The molecule has 0 atom stereocenters. The third-order valence-corrected chi connectivity index (χ3v) is 5.84. The number of methoxy groups -OCH3 is 1. The molecular weight excluding hydrogens is 384 g/mol. The SMILES string of the molecule is COc1ccc(C)cc1-n1ccc(C(=O)N2CCC(C(=O)N3CCOCC3)CC2)n1. The van der Waals surface area contributed by atoms with Crippen LogP contribution in [0.15, 0.2) is 30.5 Å². The van der Waals surface area contributed by atoms with Crippen LogP contribution < -0.4 is 4.74 Å². The molecule has 2 amide bonds. The van der Waals surface area contributed by atoms with Gasteiger partial charge in [-0.15, -0.1) is 0 Å². The Hall–Kier alpha value is -2.87. The first-order valence-electron chi connectivity index (χ1n) is 10.4. The third-order valence-electron chi connectivity index (χ3n) is 5.84. The molecule has 2 saturated heterocycles. The number of rotatable bonds is 4. The summed E-state index contributed by atoms with van der Waals surface area (Å²) in [5.74, 6) is 0.783. The van der Waals surface area contributed by atoms with Crippen molar-refractivity contribution >= 4 is 11.8 Å². The molecule has 2 fully saturated rings.